The molecule has 0 saturated heterocycles. The number of aromatic nitrogens is 1. The summed E-state index contributed by atoms with van der Waals surface area (Å²) in [7, 11) is 3.20. The summed E-state index contributed by atoms with van der Waals surface area (Å²) in [4.78, 5) is 16.0. The van der Waals surface area contributed by atoms with Gasteiger partial charge in [0.05, 0.1) is 20.3 Å². The Morgan fingerprint density at radius 1 is 1.12 bits per heavy atom. The lowest BCUT2D eigenvalue weighted by atomic mass is 10.0. The van der Waals surface area contributed by atoms with Crippen LogP contribution in [0.3, 0.4) is 0 Å². The number of anilines is 1. The minimum atomic E-state index is -0.379. The second-order valence-electron chi connectivity index (χ2n) is 6.00. The van der Waals surface area contributed by atoms with E-state index in [1.807, 2.05) is 50.2 Å². The van der Waals surface area contributed by atoms with Crippen LogP contribution < -0.4 is 14.8 Å². The van der Waals surface area contributed by atoms with Crippen LogP contribution in [0.2, 0.25) is 0 Å². The number of aryl methyl sites for hydroxylation is 1. The molecule has 0 aliphatic carbocycles. The van der Waals surface area contributed by atoms with Gasteiger partial charge in [0.2, 0.25) is 0 Å². The number of Topliss-reactive ketones (excluding diaryl/α,β-unsaturated/α-hetero) is 1. The Labute approximate surface area is 147 Å². The smallest absolute Gasteiger partial charge is 0.186 e. The minimum Gasteiger partial charge on any atom is -0.493 e. The van der Waals surface area contributed by atoms with Crippen LogP contribution in [0.4, 0.5) is 5.69 Å². The second kappa shape index (κ2) is 6.89. The molecule has 3 rings (SSSR count). The van der Waals surface area contributed by atoms with Crippen molar-refractivity contribution in [2.24, 2.45) is 0 Å². The number of benzene rings is 2. The number of para-hydroxylation sites is 1. The molecule has 1 unspecified atom stereocenters. The average molecular weight is 338 g/mol. The molecule has 0 saturated carbocycles. The fraction of sp³-hybridized carbons (Fsp3) is 0.250. The Kier molecular flexibility index (Phi) is 4.65. The number of nitrogens with one attached hydrogen (secondary N) is 2. The van der Waals surface area contributed by atoms with E-state index < -0.39 is 0 Å². The molecular weight excluding hydrogens is 316 g/mol. The number of methoxy groups -OCH3 is 2. The van der Waals surface area contributed by atoms with E-state index in [9.17, 15) is 4.79 Å². The first-order chi connectivity index (χ1) is 12.0. The van der Waals surface area contributed by atoms with Crippen LogP contribution in [0.15, 0.2) is 42.6 Å². The van der Waals surface area contributed by atoms with Crippen molar-refractivity contribution in [2.45, 2.75) is 19.9 Å². The Morgan fingerprint density at radius 3 is 2.52 bits per heavy atom. The van der Waals surface area contributed by atoms with Crippen LogP contribution in [0, 0.1) is 6.92 Å². The van der Waals surface area contributed by atoms with Gasteiger partial charge in [-0.15, -0.1) is 0 Å². The summed E-state index contributed by atoms with van der Waals surface area (Å²) < 4.78 is 10.7. The zero-order valence-electron chi connectivity index (χ0n) is 14.8. The van der Waals surface area contributed by atoms with Crippen molar-refractivity contribution >= 4 is 22.4 Å². The normalized spacial score (nSPS) is 12.0. The molecule has 5 heteroatoms. The third-order valence-electron chi connectivity index (χ3n) is 4.35. The molecule has 0 radical (unpaired) electrons. The highest BCUT2D eigenvalue weighted by Crippen LogP contribution is 2.33. The topological polar surface area (TPSA) is 63.3 Å². The summed E-state index contributed by atoms with van der Waals surface area (Å²) in [5.41, 5.74) is 3.48. The summed E-state index contributed by atoms with van der Waals surface area (Å²) in [6.07, 6.45) is 1.77. The Hall–Kier alpha value is -2.95. The first kappa shape index (κ1) is 16.9. The third-order valence-corrected chi connectivity index (χ3v) is 4.35. The maximum atomic E-state index is 12.9. The first-order valence-electron chi connectivity index (χ1n) is 8.14. The van der Waals surface area contributed by atoms with E-state index in [1.165, 1.54) is 0 Å². The van der Waals surface area contributed by atoms with Gasteiger partial charge >= 0.3 is 0 Å². The Morgan fingerprint density at radius 2 is 1.80 bits per heavy atom. The van der Waals surface area contributed by atoms with Crippen LogP contribution in [0.5, 0.6) is 11.5 Å². The van der Waals surface area contributed by atoms with Crippen LogP contribution in [0.25, 0.3) is 10.9 Å². The van der Waals surface area contributed by atoms with Crippen LogP contribution in [-0.2, 0) is 0 Å². The number of carbonyl (C=O) groups excluding carboxylic acids is 1. The summed E-state index contributed by atoms with van der Waals surface area (Å²) in [5.74, 6) is 1.33. The van der Waals surface area contributed by atoms with Crippen molar-refractivity contribution in [1.82, 2.24) is 4.98 Å². The number of rotatable bonds is 6. The number of hydrogen-bond acceptors (Lipinski definition) is 4. The van der Waals surface area contributed by atoms with Crippen molar-refractivity contribution < 1.29 is 14.3 Å². The zero-order valence-corrected chi connectivity index (χ0v) is 14.8. The highest BCUT2D eigenvalue weighted by atomic mass is 16.5. The van der Waals surface area contributed by atoms with Crippen LogP contribution in [0.1, 0.15) is 22.8 Å². The Bertz CT molecular complexity index is 914. The van der Waals surface area contributed by atoms with Crippen molar-refractivity contribution in [2.75, 3.05) is 19.5 Å². The molecule has 1 heterocycles. The maximum Gasteiger partial charge on any atom is 0.186 e. The van der Waals surface area contributed by atoms with Crippen molar-refractivity contribution in [3.8, 4) is 11.5 Å². The largest absolute Gasteiger partial charge is 0.493 e. The number of H-pyrrole nitrogens is 1. The fourth-order valence-electron chi connectivity index (χ4n) is 2.94. The predicted molar refractivity (Wildman–Crippen MR) is 100.0 cm³/mol. The lowest BCUT2D eigenvalue weighted by Gasteiger charge is -2.18. The van der Waals surface area contributed by atoms with Gasteiger partial charge in [-0.25, -0.2) is 0 Å². The number of aromatic amines is 1. The van der Waals surface area contributed by atoms with Crippen LogP contribution in [-0.4, -0.2) is 31.0 Å². The molecule has 1 atom stereocenters. The molecule has 1 aromatic heterocycles. The molecule has 25 heavy (non-hydrogen) atoms. The van der Waals surface area contributed by atoms with Gasteiger partial charge in [0, 0.05) is 34.4 Å². The number of ether oxygens (including phenoxy) is 2. The zero-order chi connectivity index (χ0) is 18.0. The molecule has 5 nitrogen and oxygen atoms in total. The van der Waals surface area contributed by atoms with Gasteiger partial charge in [0.25, 0.3) is 0 Å². The molecule has 0 aliphatic rings. The fourth-order valence-corrected chi connectivity index (χ4v) is 2.94. The summed E-state index contributed by atoms with van der Waals surface area (Å²) >= 11 is 0. The van der Waals surface area contributed by atoms with Crippen molar-refractivity contribution in [3.05, 3.63) is 53.7 Å². The third kappa shape index (κ3) is 3.18. The molecule has 3 aromatic rings. The van der Waals surface area contributed by atoms with E-state index in [0.717, 1.165) is 22.2 Å². The van der Waals surface area contributed by atoms with Gasteiger partial charge < -0.3 is 19.8 Å². The van der Waals surface area contributed by atoms with E-state index in [-0.39, 0.29) is 11.8 Å². The second-order valence-corrected chi connectivity index (χ2v) is 6.00. The molecule has 130 valence electrons. The summed E-state index contributed by atoms with van der Waals surface area (Å²) in [6.45, 7) is 3.83. The van der Waals surface area contributed by atoms with E-state index in [0.29, 0.717) is 17.1 Å². The van der Waals surface area contributed by atoms with Gasteiger partial charge in [-0.05, 0) is 31.5 Å². The Balaban J connectivity index is 1.87. The molecule has 0 fully saturated rings. The highest BCUT2D eigenvalue weighted by Gasteiger charge is 2.20. The molecule has 0 amide bonds. The number of ketones is 1. The number of carbonyl (C=O) groups is 1. The SMILES string of the molecule is COc1cc(C)c(NC(C)C(=O)c2c[nH]c3ccccc23)cc1OC. The standard InChI is InChI=1S/C20H22N2O3/c1-12-9-18(24-3)19(25-4)10-17(12)22-13(2)20(23)15-11-21-16-8-6-5-7-14(15)16/h5-11,13,21-22H,1-4H3. The van der Waals surface area contributed by atoms with E-state index in [2.05, 4.69) is 10.3 Å². The van der Waals surface area contributed by atoms with Gasteiger partial charge in [-0.3, -0.25) is 4.79 Å². The highest BCUT2D eigenvalue weighted by molar-refractivity contribution is 6.11. The van der Waals surface area contributed by atoms with Gasteiger partial charge in [-0.1, -0.05) is 18.2 Å². The molecule has 0 aliphatic heterocycles. The lowest BCUT2D eigenvalue weighted by molar-refractivity contribution is 0.0977. The molecule has 2 N–H and O–H groups in total. The first-order valence-corrected chi connectivity index (χ1v) is 8.14. The molecular formula is C20H22N2O3. The average Bonchev–Trinajstić information content (AvgIpc) is 3.06. The van der Waals surface area contributed by atoms with E-state index >= 15 is 0 Å². The summed E-state index contributed by atoms with van der Waals surface area (Å²) in [6, 6.07) is 11.2. The van der Waals surface area contributed by atoms with Gasteiger partial charge in [-0.2, -0.15) is 0 Å². The van der Waals surface area contributed by atoms with Gasteiger partial charge in [0.1, 0.15) is 0 Å². The lowest BCUT2D eigenvalue weighted by Crippen LogP contribution is -2.26. The summed E-state index contributed by atoms with van der Waals surface area (Å²) in [5, 5.41) is 4.23. The van der Waals surface area contributed by atoms with Crippen molar-refractivity contribution in [3.63, 3.8) is 0 Å². The quantitative estimate of drug-likeness (QED) is 0.662. The van der Waals surface area contributed by atoms with E-state index in [4.69, 9.17) is 9.47 Å². The monoisotopic (exact) mass is 338 g/mol. The van der Waals surface area contributed by atoms with Crippen molar-refractivity contribution in [1.29, 1.82) is 0 Å². The number of hydrogen-bond donors (Lipinski definition) is 2. The van der Waals surface area contributed by atoms with Crippen LogP contribution >= 0.6 is 0 Å². The van der Waals surface area contributed by atoms with Gasteiger partial charge in [0.15, 0.2) is 17.3 Å². The maximum absolute atomic E-state index is 12.9. The number of fused-ring (bicyclic) bond motifs is 1. The minimum absolute atomic E-state index is 0.0339. The molecule has 0 spiro atoms. The predicted octanol–water partition coefficient (Wildman–Crippen LogP) is 4.18. The van der Waals surface area contributed by atoms with E-state index in [1.54, 1.807) is 20.4 Å². The molecule has 0 bridgehead atoms. The molecule has 2 aromatic carbocycles.